The van der Waals surface area contributed by atoms with E-state index in [-0.39, 0.29) is 18.6 Å². The molecule has 146 valence electrons. The monoisotopic (exact) mass is 417 g/mol. The van der Waals surface area contributed by atoms with Crippen molar-refractivity contribution in [2.75, 3.05) is 17.2 Å². The van der Waals surface area contributed by atoms with Crippen molar-refractivity contribution in [3.63, 3.8) is 0 Å². The van der Waals surface area contributed by atoms with E-state index in [0.717, 1.165) is 11.4 Å². The molecule has 28 heavy (non-hydrogen) atoms. The first kappa shape index (κ1) is 20.3. The van der Waals surface area contributed by atoms with Gasteiger partial charge in [-0.15, -0.1) is 0 Å². The maximum atomic E-state index is 9.63. The molecule has 0 aliphatic heterocycles. The molecule has 0 aliphatic carbocycles. The number of halogens is 2. The Morgan fingerprint density at radius 3 is 2.46 bits per heavy atom. The van der Waals surface area contributed by atoms with Crippen molar-refractivity contribution in [1.82, 2.24) is 15.0 Å². The Morgan fingerprint density at radius 2 is 1.82 bits per heavy atom. The molecule has 0 saturated carbocycles. The zero-order chi connectivity index (χ0) is 20.1. The number of pyridine rings is 1. The number of rotatable bonds is 7. The highest BCUT2D eigenvalue weighted by Crippen LogP contribution is 2.28. The van der Waals surface area contributed by atoms with E-state index in [1.54, 1.807) is 24.4 Å². The van der Waals surface area contributed by atoms with Gasteiger partial charge in [-0.25, -0.2) is 4.98 Å². The van der Waals surface area contributed by atoms with Crippen LogP contribution in [-0.2, 0) is 0 Å². The van der Waals surface area contributed by atoms with Gasteiger partial charge in [0.2, 0.25) is 5.95 Å². The second-order valence-corrected chi connectivity index (χ2v) is 7.42. The first-order chi connectivity index (χ1) is 13.5. The minimum atomic E-state index is -0.170. The van der Waals surface area contributed by atoms with E-state index in [2.05, 4.69) is 25.6 Å². The van der Waals surface area contributed by atoms with Gasteiger partial charge in [0.1, 0.15) is 5.82 Å². The predicted octanol–water partition coefficient (Wildman–Crippen LogP) is 5.02. The van der Waals surface area contributed by atoms with Gasteiger partial charge in [0, 0.05) is 18.0 Å². The number of nitrogens with one attached hydrogen (secondary N) is 2. The summed E-state index contributed by atoms with van der Waals surface area (Å²) in [4.78, 5) is 13.5. The quantitative estimate of drug-likeness (QED) is 0.500. The molecular weight excluding hydrogens is 397 g/mol. The molecule has 1 atom stereocenters. The fraction of sp³-hybridized carbons (Fsp3) is 0.250. The van der Waals surface area contributed by atoms with E-state index < -0.39 is 0 Å². The van der Waals surface area contributed by atoms with E-state index >= 15 is 0 Å². The lowest BCUT2D eigenvalue weighted by molar-refractivity contribution is 0.248. The molecule has 0 aliphatic rings. The minimum absolute atomic E-state index is 0.0234. The van der Waals surface area contributed by atoms with Crippen LogP contribution in [0.1, 0.15) is 13.8 Å². The summed E-state index contributed by atoms with van der Waals surface area (Å²) in [5.41, 5.74) is 2.12. The number of nitrogens with zero attached hydrogens (tertiary/aromatic N) is 3. The van der Waals surface area contributed by atoms with Crippen LogP contribution in [0.5, 0.6) is 0 Å². The first-order valence-corrected chi connectivity index (χ1v) is 9.62. The Morgan fingerprint density at radius 1 is 1.00 bits per heavy atom. The molecule has 0 bridgehead atoms. The Hall–Kier alpha value is -2.41. The largest absolute Gasteiger partial charge is 0.394 e. The van der Waals surface area contributed by atoms with Gasteiger partial charge in [0.15, 0.2) is 0 Å². The van der Waals surface area contributed by atoms with E-state index in [1.165, 1.54) is 0 Å². The zero-order valence-electron chi connectivity index (χ0n) is 15.5. The van der Waals surface area contributed by atoms with Gasteiger partial charge in [-0.1, -0.05) is 43.1 Å². The van der Waals surface area contributed by atoms with Crippen molar-refractivity contribution in [3.8, 4) is 11.4 Å². The fourth-order valence-electron chi connectivity index (χ4n) is 2.53. The zero-order valence-corrected chi connectivity index (χ0v) is 17.0. The van der Waals surface area contributed by atoms with Crippen LogP contribution >= 0.6 is 23.2 Å². The van der Waals surface area contributed by atoms with E-state index in [0.29, 0.717) is 27.5 Å². The Bertz CT molecular complexity index is 937. The molecule has 0 spiro atoms. The molecule has 0 amide bonds. The Kier molecular flexibility index (Phi) is 6.67. The number of anilines is 3. The van der Waals surface area contributed by atoms with Crippen molar-refractivity contribution in [2.24, 2.45) is 5.92 Å². The summed E-state index contributed by atoms with van der Waals surface area (Å²) in [7, 11) is 0. The third kappa shape index (κ3) is 5.10. The number of aromatic nitrogens is 3. The van der Waals surface area contributed by atoms with Gasteiger partial charge in [-0.2, -0.15) is 4.98 Å². The maximum Gasteiger partial charge on any atom is 0.225 e. The molecule has 0 radical (unpaired) electrons. The first-order valence-electron chi connectivity index (χ1n) is 8.86. The second-order valence-electron chi connectivity index (χ2n) is 6.61. The highest BCUT2D eigenvalue weighted by molar-refractivity contribution is 6.42. The van der Waals surface area contributed by atoms with Gasteiger partial charge in [-0.3, -0.25) is 4.98 Å². The van der Waals surface area contributed by atoms with Crippen LogP contribution in [0.3, 0.4) is 0 Å². The highest BCUT2D eigenvalue weighted by atomic mass is 35.5. The second kappa shape index (κ2) is 9.19. The molecule has 0 unspecified atom stereocenters. The molecule has 6 nitrogen and oxygen atoms in total. The number of aliphatic hydroxyl groups excluding tert-OH is 1. The molecule has 3 rings (SSSR count). The molecule has 8 heteroatoms. The van der Waals surface area contributed by atoms with E-state index in [1.807, 2.05) is 38.1 Å². The van der Waals surface area contributed by atoms with Crippen molar-refractivity contribution in [1.29, 1.82) is 0 Å². The Balaban J connectivity index is 1.97. The van der Waals surface area contributed by atoms with Gasteiger partial charge in [0.25, 0.3) is 0 Å². The van der Waals surface area contributed by atoms with Crippen LogP contribution in [0, 0.1) is 5.92 Å². The summed E-state index contributed by atoms with van der Waals surface area (Å²) in [6.07, 6.45) is 1.71. The van der Waals surface area contributed by atoms with Crippen LogP contribution in [0.15, 0.2) is 48.7 Å². The average Bonchev–Trinajstić information content (AvgIpc) is 2.69. The third-order valence-corrected chi connectivity index (χ3v) is 4.90. The van der Waals surface area contributed by atoms with Crippen LogP contribution in [-0.4, -0.2) is 32.7 Å². The Labute approximate surface area is 174 Å². The average molecular weight is 418 g/mol. The lowest BCUT2D eigenvalue weighted by atomic mass is 10.1. The summed E-state index contributed by atoms with van der Waals surface area (Å²) in [6, 6.07) is 12.5. The van der Waals surface area contributed by atoms with Gasteiger partial charge >= 0.3 is 0 Å². The van der Waals surface area contributed by atoms with Crippen LogP contribution in [0.4, 0.5) is 17.5 Å². The fourth-order valence-corrected chi connectivity index (χ4v) is 2.83. The van der Waals surface area contributed by atoms with Crippen LogP contribution in [0.25, 0.3) is 11.4 Å². The van der Waals surface area contributed by atoms with E-state index in [9.17, 15) is 5.11 Å². The molecular formula is C20H21Cl2N5O. The van der Waals surface area contributed by atoms with Gasteiger partial charge in [0.05, 0.1) is 34.1 Å². The highest BCUT2D eigenvalue weighted by Gasteiger charge is 2.15. The molecule has 2 aromatic heterocycles. The van der Waals surface area contributed by atoms with Crippen LogP contribution in [0.2, 0.25) is 10.0 Å². The SMILES string of the molecule is CC(C)[C@@H](CO)Nc1nc(Nc2ccc(Cl)c(Cl)c2)cc(-c2ccccn2)n1. The van der Waals surface area contributed by atoms with Crippen LogP contribution < -0.4 is 10.6 Å². The topological polar surface area (TPSA) is 83.0 Å². The predicted molar refractivity (Wildman–Crippen MR) is 114 cm³/mol. The van der Waals surface area contributed by atoms with Crippen molar-refractivity contribution in [2.45, 2.75) is 19.9 Å². The van der Waals surface area contributed by atoms with Crippen molar-refractivity contribution < 1.29 is 5.11 Å². The summed E-state index contributed by atoms with van der Waals surface area (Å²) >= 11 is 12.1. The number of hydrogen-bond donors (Lipinski definition) is 3. The van der Waals surface area contributed by atoms with Crippen molar-refractivity contribution >= 4 is 40.7 Å². The van der Waals surface area contributed by atoms with Gasteiger partial charge in [-0.05, 0) is 36.2 Å². The summed E-state index contributed by atoms with van der Waals surface area (Å²) < 4.78 is 0. The molecule has 0 saturated heterocycles. The number of hydrogen-bond acceptors (Lipinski definition) is 6. The summed E-state index contributed by atoms with van der Waals surface area (Å²) in [5.74, 6) is 1.18. The summed E-state index contributed by atoms with van der Waals surface area (Å²) in [5, 5.41) is 17.0. The normalized spacial score (nSPS) is 12.1. The van der Waals surface area contributed by atoms with E-state index in [4.69, 9.17) is 23.2 Å². The summed E-state index contributed by atoms with van der Waals surface area (Å²) in [6.45, 7) is 4.01. The molecule has 0 fully saturated rings. The molecule has 3 N–H and O–H groups in total. The lowest BCUT2D eigenvalue weighted by Gasteiger charge is -2.20. The van der Waals surface area contributed by atoms with Gasteiger partial charge < -0.3 is 15.7 Å². The minimum Gasteiger partial charge on any atom is -0.394 e. The lowest BCUT2D eigenvalue weighted by Crippen LogP contribution is -2.30. The molecule has 2 heterocycles. The smallest absolute Gasteiger partial charge is 0.225 e. The molecule has 1 aromatic carbocycles. The number of benzene rings is 1. The third-order valence-electron chi connectivity index (χ3n) is 4.16. The number of aliphatic hydroxyl groups is 1. The maximum absolute atomic E-state index is 9.63. The molecule has 3 aromatic rings. The van der Waals surface area contributed by atoms with Crippen molar-refractivity contribution in [3.05, 3.63) is 58.7 Å². The standard InChI is InChI=1S/C20H21Cl2N5O/c1-12(2)18(11-28)26-20-25-17(16-5-3-4-8-23-16)10-19(27-20)24-13-6-7-14(21)15(22)9-13/h3-10,12,18,28H,11H2,1-2H3,(H2,24,25,26,27)/t18-/m1/s1.